The van der Waals surface area contributed by atoms with Gasteiger partial charge in [0.15, 0.2) is 0 Å². The van der Waals surface area contributed by atoms with Crippen molar-refractivity contribution in [2.24, 2.45) is 0 Å². The van der Waals surface area contributed by atoms with Crippen molar-refractivity contribution in [2.45, 2.75) is 26.0 Å². The Morgan fingerprint density at radius 2 is 2.17 bits per heavy atom. The molecule has 1 fully saturated rings. The van der Waals surface area contributed by atoms with E-state index in [4.69, 9.17) is 4.74 Å². The number of hydrogen-bond donors (Lipinski definition) is 1. The summed E-state index contributed by atoms with van der Waals surface area (Å²) in [5.41, 5.74) is 1.25. The van der Waals surface area contributed by atoms with E-state index in [9.17, 15) is 4.79 Å². The van der Waals surface area contributed by atoms with Crippen LogP contribution in [-0.2, 0) is 11.3 Å². The normalized spacial score (nSPS) is 19.7. The third-order valence-corrected chi connectivity index (χ3v) is 3.17. The maximum atomic E-state index is 11.5. The third-order valence-electron chi connectivity index (χ3n) is 3.17. The zero-order valence-electron chi connectivity index (χ0n) is 10.8. The predicted octanol–water partition coefficient (Wildman–Crippen LogP) is 2.01. The Morgan fingerprint density at radius 3 is 2.83 bits per heavy atom. The molecule has 1 aliphatic rings. The molecular formula is C14H20N2O2. The molecule has 4 heteroatoms. The number of nitrogens with one attached hydrogen (secondary N) is 1. The topological polar surface area (TPSA) is 41.6 Å². The first-order valence-electron chi connectivity index (χ1n) is 6.49. The van der Waals surface area contributed by atoms with Gasteiger partial charge in [-0.1, -0.05) is 30.3 Å². The van der Waals surface area contributed by atoms with Crippen LogP contribution in [0, 0.1) is 0 Å². The Labute approximate surface area is 108 Å². The van der Waals surface area contributed by atoms with E-state index in [1.54, 1.807) is 4.90 Å². The van der Waals surface area contributed by atoms with Crippen LogP contribution in [0.2, 0.25) is 0 Å². The molecule has 1 atom stereocenters. The Bertz CT molecular complexity index is 381. The van der Waals surface area contributed by atoms with E-state index in [2.05, 4.69) is 17.4 Å². The van der Waals surface area contributed by atoms with Gasteiger partial charge in [-0.15, -0.1) is 0 Å². The molecule has 1 saturated heterocycles. The summed E-state index contributed by atoms with van der Waals surface area (Å²) in [6.07, 6.45) is 0.723. The first-order valence-corrected chi connectivity index (χ1v) is 6.49. The highest BCUT2D eigenvalue weighted by molar-refractivity contribution is 5.68. The average molecular weight is 248 g/mol. The van der Waals surface area contributed by atoms with Crippen molar-refractivity contribution in [1.82, 2.24) is 10.2 Å². The van der Waals surface area contributed by atoms with E-state index in [1.165, 1.54) is 5.56 Å². The van der Waals surface area contributed by atoms with Gasteiger partial charge in [0.05, 0.1) is 0 Å². The highest BCUT2D eigenvalue weighted by Gasteiger charge is 2.25. The number of carbonyl (C=O) groups is 1. The highest BCUT2D eigenvalue weighted by atomic mass is 16.6. The second-order valence-corrected chi connectivity index (χ2v) is 4.49. The quantitative estimate of drug-likeness (QED) is 0.866. The standard InChI is InChI=1S/C14H20N2O2/c1-2-16-9-8-13(18-14(16)17)11-15-10-12-6-4-3-5-7-12/h3-7,13,15H,2,8-11H2,1H3. The van der Waals surface area contributed by atoms with E-state index in [0.717, 1.165) is 32.6 Å². The number of cyclic esters (lactones) is 1. The van der Waals surface area contributed by atoms with Crippen molar-refractivity contribution in [1.29, 1.82) is 0 Å². The van der Waals surface area contributed by atoms with Crippen LogP contribution in [0.3, 0.4) is 0 Å². The minimum Gasteiger partial charge on any atom is -0.445 e. The molecule has 1 aliphatic heterocycles. The molecule has 1 aromatic rings. The van der Waals surface area contributed by atoms with Crippen LogP contribution in [0.1, 0.15) is 18.9 Å². The lowest BCUT2D eigenvalue weighted by Crippen LogP contribution is -2.45. The Balaban J connectivity index is 1.70. The van der Waals surface area contributed by atoms with Gasteiger partial charge < -0.3 is 15.0 Å². The summed E-state index contributed by atoms with van der Waals surface area (Å²) in [7, 11) is 0. The van der Waals surface area contributed by atoms with E-state index in [1.807, 2.05) is 25.1 Å². The molecule has 0 radical (unpaired) electrons. The number of hydrogen-bond acceptors (Lipinski definition) is 3. The second-order valence-electron chi connectivity index (χ2n) is 4.49. The maximum Gasteiger partial charge on any atom is 0.410 e. The number of rotatable bonds is 5. The number of benzene rings is 1. The minimum absolute atomic E-state index is 0.00372. The molecule has 0 aromatic heterocycles. The van der Waals surface area contributed by atoms with Gasteiger partial charge in [0, 0.05) is 32.6 Å². The van der Waals surface area contributed by atoms with Crippen molar-refractivity contribution < 1.29 is 9.53 Å². The van der Waals surface area contributed by atoms with Gasteiger partial charge in [0.25, 0.3) is 0 Å². The largest absolute Gasteiger partial charge is 0.445 e. The monoisotopic (exact) mass is 248 g/mol. The summed E-state index contributed by atoms with van der Waals surface area (Å²) < 4.78 is 5.35. The fraction of sp³-hybridized carbons (Fsp3) is 0.500. The molecule has 0 spiro atoms. The molecule has 18 heavy (non-hydrogen) atoms. The summed E-state index contributed by atoms with van der Waals surface area (Å²) in [5, 5.41) is 3.33. The summed E-state index contributed by atoms with van der Waals surface area (Å²) in [5.74, 6) is 0. The molecule has 0 saturated carbocycles. The lowest BCUT2D eigenvalue weighted by Gasteiger charge is -2.31. The third kappa shape index (κ3) is 3.47. The fourth-order valence-corrected chi connectivity index (χ4v) is 2.07. The van der Waals surface area contributed by atoms with Crippen molar-refractivity contribution in [3.8, 4) is 0 Å². The predicted molar refractivity (Wildman–Crippen MR) is 70.3 cm³/mol. The molecule has 0 aliphatic carbocycles. The molecule has 4 nitrogen and oxygen atoms in total. The molecule has 1 heterocycles. The van der Waals surface area contributed by atoms with Crippen LogP contribution in [0.4, 0.5) is 4.79 Å². The van der Waals surface area contributed by atoms with E-state index in [-0.39, 0.29) is 12.2 Å². The van der Waals surface area contributed by atoms with Gasteiger partial charge in [-0.3, -0.25) is 0 Å². The zero-order valence-corrected chi connectivity index (χ0v) is 10.8. The summed E-state index contributed by atoms with van der Waals surface area (Å²) >= 11 is 0. The minimum atomic E-state index is -0.185. The van der Waals surface area contributed by atoms with Crippen LogP contribution in [0.25, 0.3) is 0 Å². The van der Waals surface area contributed by atoms with Crippen molar-refractivity contribution >= 4 is 6.09 Å². The van der Waals surface area contributed by atoms with Gasteiger partial charge in [-0.05, 0) is 12.5 Å². The highest BCUT2D eigenvalue weighted by Crippen LogP contribution is 2.11. The molecule has 2 rings (SSSR count). The van der Waals surface area contributed by atoms with E-state index < -0.39 is 0 Å². The van der Waals surface area contributed by atoms with E-state index in [0.29, 0.717) is 0 Å². The molecule has 1 aromatic carbocycles. The van der Waals surface area contributed by atoms with Gasteiger partial charge in [-0.25, -0.2) is 4.79 Å². The smallest absolute Gasteiger partial charge is 0.410 e. The van der Waals surface area contributed by atoms with Crippen molar-refractivity contribution in [3.05, 3.63) is 35.9 Å². The first kappa shape index (κ1) is 12.9. The first-order chi connectivity index (χ1) is 8.79. The van der Waals surface area contributed by atoms with Gasteiger partial charge in [0.2, 0.25) is 0 Å². The van der Waals surface area contributed by atoms with Crippen LogP contribution in [0.15, 0.2) is 30.3 Å². The molecule has 1 N–H and O–H groups in total. The number of ether oxygens (including phenoxy) is 1. The Morgan fingerprint density at radius 1 is 1.39 bits per heavy atom. The maximum absolute atomic E-state index is 11.5. The zero-order chi connectivity index (χ0) is 12.8. The second kappa shape index (κ2) is 6.40. The van der Waals surface area contributed by atoms with Gasteiger partial charge in [-0.2, -0.15) is 0 Å². The molecule has 1 amide bonds. The molecular weight excluding hydrogens is 228 g/mol. The average Bonchev–Trinajstić information content (AvgIpc) is 2.40. The fourth-order valence-electron chi connectivity index (χ4n) is 2.07. The van der Waals surface area contributed by atoms with Crippen molar-refractivity contribution in [2.75, 3.05) is 19.6 Å². The van der Waals surface area contributed by atoms with E-state index >= 15 is 0 Å². The molecule has 1 unspecified atom stereocenters. The van der Waals surface area contributed by atoms with Gasteiger partial charge >= 0.3 is 6.09 Å². The Kier molecular flexibility index (Phi) is 4.59. The van der Waals surface area contributed by atoms with Crippen LogP contribution in [-0.4, -0.2) is 36.7 Å². The van der Waals surface area contributed by atoms with Gasteiger partial charge in [0.1, 0.15) is 6.10 Å². The lowest BCUT2D eigenvalue weighted by atomic mass is 10.2. The lowest BCUT2D eigenvalue weighted by molar-refractivity contribution is 0.0270. The molecule has 0 bridgehead atoms. The number of amides is 1. The summed E-state index contributed by atoms with van der Waals surface area (Å²) in [6, 6.07) is 10.2. The summed E-state index contributed by atoms with van der Waals surface area (Å²) in [4.78, 5) is 13.3. The van der Waals surface area contributed by atoms with Crippen molar-refractivity contribution in [3.63, 3.8) is 0 Å². The number of nitrogens with zero attached hydrogens (tertiary/aromatic N) is 1. The Hall–Kier alpha value is -1.55. The SMILES string of the molecule is CCN1CCC(CNCc2ccccc2)OC1=O. The number of carbonyl (C=O) groups excluding carboxylic acids is 1. The van der Waals surface area contributed by atoms with Crippen LogP contribution >= 0.6 is 0 Å². The van der Waals surface area contributed by atoms with Crippen LogP contribution < -0.4 is 5.32 Å². The van der Waals surface area contributed by atoms with Crippen LogP contribution in [0.5, 0.6) is 0 Å². The molecule has 98 valence electrons. The summed E-state index contributed by atoms with van der Waals surface area (Å²) in [6.45, 7) is 5.02.